The molecule has 1 saturated heterocycles. The Labute approximate surface area is 214 Å². The summed E-state index contributed by atoms with van der Waals surface area (Å²) in [5.74, 6) is 0.510. The largest absolute Gasteiger partial charge is 0.507 e. The van der Waals surface area contributed by atoms with Gasteiger partial charge in [0, 0.05) is 30.4 Å². The number of aryl methyl sites for hydroxylation is 1. The fourth-order valence-electron chi connectivity index (χ4n) is 4.80. The van der Waals surface area contributed by atoms with Gasteiger partial charge < -0.3 is 24.5 Å². The number of aromatic nitrogens is 1. The molecule has 2 aromatic heterocycles. The second-order valence-corrected chi connectivity index (χ2v) is 9.35. The highest BCUT2D eigenvalue weighted by atomic mass is 16.5. The van der Waals surface area contributed by atoms with Crippen LogP contribution in [-0.4, -0.2) is 42.7 Å². The molecule has 1 aliphatic heterocycles. The number of phenolic OH excluding ortho intramolecular Hbond substituents is 1. The standard InChI is InChI=1S/C29H29N3O5/c1-17-13-22(28-23(14-17)27(35)18(2)29(37-28)32-9-11-36-12-10-32)19(3)31-24-5-4-8-30-26(24)20-6-7-25(34)21(15-20)16-33/h4-8,13-16,19,31,34H,9-12H2,1-3H3. The van der Waals surface area contributed by atoms with Crippen molar-refractivity contribution in [3.8, 4) is 17.0 Å². The number of carbonyl (C=O) groups excluding carboxylic acids is 1. The van der Waals surface area contributed by atoms with E-state index in [1.54, 1.807) is 18.3 Å². The summed E-state index contributed by atoms with van der Waals surface area (Å²) in [5.41, 5.74) is 5.21. The van der Waals surface area contributed by atoms with Gasteiger partial charge in [-0.05, 0) is 62.7 Å². The number of ether oxygens (including phenoxy) is 1. The number of phenols is 1. The number of anilines is 2. The summed E-state index contributed by atoms with van der Waals surface area (Å²) in [6, 6.07) is 12.2. The summed E-state index contributed by atoms with van der Waals surface area (Å²) in [7, 11) is 0. The summed E-state index contributed by atoms with van der Waals surface area (Å²) in [6.45, 7) is 8.30. The maximum absolute atomic E-state index is 13.4. The Morgan fingerprint density at radius 2 is 1.92 bits per heavy atom. The summed E-state index contributed by atoms with van der Waals surface area (Å²) in [4.78, 5) is 31.4. The normalized spacial score (nSPS) is 14.5. The Bertz CT molecular complexity index is 1540. The highest BCUT2D eigenvalue weighted by molar-refractivity contribution is 5.86. The smallest absolute Gasteiger partial charge is 0.203 e. The van der Waals surface area contributed by atoms with Crippen LogP contribution in [0.1, 0.15) is 40.0 Å². The first-order valence-electron chi connectivity index (χ1n) is 12.3. The van der Waals surface area contributed by atoms with Gasteiger partial charge in [-0.1, -0.05) is 6.07 Å². The molecule has 2 N–H and O–H groups in total. The Morgan fingerprint density at radius 3 is 2.68 bits per heavy atom. The number of carbonyl (C=O) groups is 1. The molecule has 3 heterocycles. The highest BCUT2D eigenvalue weighted by Gasteiger charge is 2.23. The number of rotatable bonds is 6. The van der Waals surface area contributed by atoms with Gasteiger partial charge in [-0.3, -0.25) is 14.6 Å². The molecule has 5 rings (SSSR count). The van der Waals surface area contributed by atoms with E-state index in [0.717, 1.165) is 16.8 Å². The van der Waals surface area contributed by atoms with E-state index in [0.29, 0.717) is 66.3 Å². The lowest BCUT2D eigenvalue weighted by atomic mass is 9.99. The van der Waals surface area contributed by atoms with Crippen molar-refractivity contribution in [3.63, 3.8) is 0 Å². The highest BCUT2D eigenvalue weighted by Crippen LogP contribution is 2.34. The third-order valence-electron chi connectivity index (χ3n) is 6.74. The fraction of sp³-hybridized carbons (Fsp3) is 0.276. The molecule has 0 radical (unpaired) electrons. The van der Waals surface area contributed by atoms with Crippen molar-refractivity contribution >= 4 is 28.8 Å². The van der Waals surface area contributed by atoms with Gasteiger partial charge >= 0.3 is 0 Å². The van der Waals surface area contributed by atoms with Crippen LogP contribution in [0.2, 0.25) is 0 Å². The number of hydrogen-bond donors (Lipinski definition) is 2. The number of hydrogen-bond acceptors (Lipinski definition) is 8. The van der Waals surface area contributed by atoms with Crippen molar-refractivity contribution in [2.45, 2.75) is 26.8 Å². The average Bonchev–Trinajstić information content (AvgIpc) is 2.91. The van der Waals surface area contributed by atoms with E-state index in [4.69, 9.17) is 9.15 Å². The molecule has 190 valence electrons. The van der Waals surface area contributed by atoms with Crippen LogP contribution in [0.4, 0.5) is 11.6 Å². The average molecular weight is 500 g/mol. The third kappa shape index (κ3) is 4.68. The van der Waals surface area contributed by atoms with Crippen LogP contribution in [-0.2, 0) is 4.74 Å². The number of pyridine rings is 1. The summed E-state index contributed by atoms with van der Waals surface area (Å²) in [5, 5.41) is 14.0. The molecule has 1 unspecified atom stereocenters. The van der Waals surface area contributed by atoms with Crippen molar-refractivity contribution in [1.29, 1.82) is 0 Å². The predicted octanol–water partition coefficient (Wildman–Crippen LogP) is 5.00. The number of aldehydes is 1. The molecule has 37 heavy (non-hydrogen) atoms. The molecule has 2 aromatic carbocycles. The zero-order chi connectivity index (χ0) is 26.1. The van der Waals surface area contributed by atoms with Gasteiger partial charge in [-0.25, -0.2) is 0 Å². The molecule has 0 saturated carbocycles. The molecule has 1 atom stereocenters. The maximum Gasteiger partial charge on any atom is 0.203 e. The number of morpholine rings is 1. The maximum atomic E-state index is 13.4. The van der Waals surface area contributed by atoms with E-state index >= 15 is 0 Å². The van der Waals surface area contributed by atoms with Gasteiger partial charge in [0.05, 0.1) is 47.2 Å². The van der Waals surface area contributed by atoms with Gasteiger partial charge in [0.25, 0.3) is 0 Å². The number of benzene rings is 2. The second kappa shape index (κ2) is 10.1. The number of fused-ring (bicyclic) bond motifs is 1. The number of nitrogens with zero attached hydrogens (tertiary/aromatic N) is 2. The van der Waals surface area contributed by atoms with Crippen molar-refractivity contribution in [1.82, 2.24) is 4.98 Å². The number of aromatic hydroxyl groups is 1. The molecular formula is C29H29N3O5. The van der Waals surface area contributed by atoms with Crippen LogP contribution in [0, 0.1) is 13.8 Å². The van der Waals surface area contributed by atoms with Gasteiger partial charge in [-0.15, -0.1) is 0 Å². The first-order chi connectivity index (χ1) is 17.9. The first kappa shape index (κ1) is 24.5. The van der Waals surface area contributed by atoms with Crippen LogP contribution >= 0.6 is 0 Å². The van der Waals surface area contributed by atoms with Crippen LogP contribution in [0.5, 0.6) is 5.75 Å². The van der Waals surface area contributed by atoms with Crippen LogP contribution in [0.25, 0.3) is 22.2 Å². The molecule has 4 aromatic rings. The second-order valence-electron chi connectivity index (χ2n) is 9.35. The minimum Gasteiger partial charge on any atom is -0.507 e. The van der Waals surface area contributed by atoms with Crippen molar-refractivity contribution in [2.24, 2.45) is 0 Å². The lowest BCUT2D eigenvalue weighted by Gasteiger charge is -2.29. The molecule has 8 nitrogen and oxygen atoms in total. The zero-order valence-corrected chi connectivity index (χ0v) is 21.1. The van der Waals surface area contributed by atoms with E-state index in [-0.39, 0.29) is 22.8 Å². The Hall–Kier alpha value is -4.17. The molecule has 0 bridgehead atoms. The van der Waals surface area contributed by atoms with Crippen LogP contribution < -0.4 is 15.6 Å². The lowest BCUT2D eigenvalue weighted by molar-refractivity contribution is 0.112. The molecule has 1 fully saturated rings. The van der Waals surface area contributed by atoms with E-state index in [9.17, 15) is 14.7 Å². The predicted molar refractivity (Wildman–Crippen MR) is 144 cm³/mol. The summed E-state index contributed by atoms with van der Waals surface area (Å²) >= 11 is 0. The van der Waals surface area contributed by atoms with Gasteiger partial charge in [-0.2, -0.15) is 0 Å². The van der Waals surface area contributed by atoms with E-state index < -0.39 is 0 Å². The Kier molecular flexibility index (Phi) is 6.67. The zero-order valence-electron chi connectivity index (χ0n) is 21.1. The molecule has 0 spiro atoms. The summed E-state index contributed by atoms with van der Waals surface area (Å²) < 4.78 is 11.9. The molecule has 0 amide bonds. The molecule has 8 heteroatoms. The monoisotopic (exact) mass is 499 g/mol. The van der Waals surface area contributed by atoms with Crippen LogP contribution in [0.15, 0.2) is 57.9 Å². The third-order valence-corrected chi connectivity index (χ3v) is 6.74. The molecule has 0 aliphatic carbocycles. The Balaban J connectivity index is 1.58. The number of nitrogens with one attached hydrogen (secondary N) is 1. The minimum absolute atomic E-state index is 0.0348. The quantitative estimate of drug-likeness (QED) is 0.357. The topological polar surface area (TPSA) is 105 Å². The van der Waals surface area contributed by atoms with Gasteiger partial charge in [0.2, 0.25) is 5.88 Å². The SMILES string of the molecule is Cc1cc(C(C)Nc2cccnc2-c2ccc(O)c(C=O)c2)c2oc(N3CCOCC3)c(C)c(=O)c2c1. The van der Waals surface area contributed by atoms with Gasteiger partial charge in [0.15, 0.2) is 11.7 Å². The van der Waals surface area contributed by atoms with Crippen molar-refractivity contribution < 1.29 is 19.1 Å². The first-order valence-corrected chi connectivity index (χ1v) is 12.3. The lowest BCUT2D eigenvalue weighted by Crippen LogP contribution is -2.37. The minimum atomic E-state index is -0.239. The summed E-state index contributed by atoms with van der Waals surface area (Å²) in [6.07, 6.45) is 2.30. The van der Waals surface area contributed by atoms with Crippen molar-refractivity contribution in [2.75, 3.05) is 36.5 Å². The fourth-order valence-corrected chi connectivity index (χ4v) is 4.80. The van der Waals surface area contributed by atoms with E-state index in [1.165, 1.54) is 6.07 Å². The van der Waals surface area contributed by atoms with Crippen LogP contribution in [0.3, 0.4) is 0 Å². The molecule has 1 aliphatic rings. The Morgan fingerprint density at radius 1 is 1.14 bits per heavy atom. The van der Waals surface area contributed by atoms with E-state index in [1.807, 2.05) is 45.0 Å². The van der Waals surface area contributed by atoms with Crippen molar-refractivity contribution in [3.05, 3.63) is 81.1 Å². The van der Waals surface area contributed by atoms with E-state index in [2.05, 4.69) is 15.2 Å². The van der Waals surface area contributed by atoms with Gasteiger partial charge in [0.1, 0.15) is 11.3 Å². The molecular weight excluding hydrogens is 470 g/mol.